The Bertz CT molecular complexity index is 259. The van der Waals surface area contributed by atoms with Crippen LogP contribution in [0.3, 0.4) is 0 Å². The molecule has 16 heavy (non-hydrogen) atoms. The molecular weight excluding hydrogens is 229 g/mol. The lowest BCUT2D eigenvalue weighted by atomic mass is 9.85. The predicted octanol–water partition coefficient (Wildman–Crippen LogP) is 2.03. The first-order valence-electron chi connectivity index (χ1n) is 5.28. The Kier molecular flexibility index (Phi) is 5.88. The van der Waals surface area contributed by atoms with E-state index in [0.717, 1.165) is 12.8 Å². The molecule has 0 N–H and O–H groups in total. The van der Waals surface area contributed by atoms with E-state index in [-0.39, 0.29) is 24.1 Å². The van der Waals surface area contributed by atoms with Gasteiger partial charge in [-0.3, -0.25) is 4.79 Å². The Morgan fingerprint density at radius 1 is 1.31 bits per heavy atom. The third kappa shape index (κ3) is 3.51. The Labute approximate surface area is 97.4 Å². The van der Waals surface area contributed by atoms with E-state index in [0.29, 0.717) is 15.0 Å². The van der Waals surface area contributed by atoms with Crippen LogP contribution in [0.4, 0.5) is 0 Å². The SMILES string of the molecule is CN=POC1CCC(C(=O)OC)CC1OC. The fourth-order valence-electron chi connectivity index (χ4n) is 1.96. The van der Waals surface area contributed by atoms with Gasteiger partial charge in [0.2, 0.25) is 0 Å². The molecule has 0 aliphatic heterocycles. The van der Waals surface area contributed by atoms with Crippen LogP contribution in [-0.4, -0.2) is 39.4 Å². The van der Waals surface area contributed by atoms with Gasteiger partial charge in [0.15, 0.2) is 8.60 Å². The van der Waals surface area contributed by atoms with Gasteiger partial charge in [0.05, 0.1) is 25.2 Å². The maximum atomic E-state index is 11.4. The van der Waals surface area contributed by atoms with Crippen LogP contribution in [0.25, 0.3) is 0 Å². The van der Waals surface area contributed by atoms with Crippen LogP contribution in [0.1, 0.15) is 19.3 Å². The molecule has 3 atom stereocenters. The standard InChI is InChI=1S/C10H18NO4P/c1-11-16-15-8-5-4-7(10(12)14-3)6-9(8)13-2/h7-9H,4-6H2,1-3H3. The summed E-state index contributed by atoms with van der Waals surface area (Å²) in [6.07, 6.45) is 2.23. The van der Waals surface area contributed by atoms with E-state index in [1.54, 1.807) is 14.2 Å². The molecule has 1 fully saturated rings. The number of hydrogen-bond acceptors (Lipinski definition) is 5. The zero-order valence-corrected chi connectivity index (χ0v) is 10.8. The van der Waals surface area contributed by atoms with Crippen LogP contribution in [0.5, 0.6) is 0 Å². The Morgan fingerprint density at radius 2 is 2.06 bits per heavy atom. The molecule has 0 amide bonds. The summed E-state index contributed by atoms with van der Waals surface area (Å²) in [7, 11) is 5.37. The van der Waals surface area contributed by atoms with Gasteiger partial charge in [-0.25, -0.2) is 4.74 Å². The molecule has 0 aromatic carbocycles. The van der Waals surface area contributed by atoms with Crippen LogP contribution in [0, 0.1) is 5.92 Å². The zero-order chi connectivity index (χ0) is 12.0. The summed E-state index contributed by atoms with van der Waals surface area (Å²) >= 11 is 0. The second-order valence-electron chi connectivity index (χ2n) is 3.73. The highest BCUT2D eigenvalue weighted by molar-refractivity contribution is 7.20. The topological polar surface area (TPSA) is 57.1 Å². The molecule has 1 rings (SSSR count). The van der Waals surface area contributed by atoms with Crippen LogP contribution >= 0.6 is 8.60 Å². The van der Waals surface area contributed by atoms with Crippen molar-refractivity contribution in [2.24, 2.45) is 10.7 Å². The molecule has 0 radical (unpaired) electrons. The third-order valence-electron chi connectivity index (χ3n) is 2.83. The van der Waals surface area contributed by atoms with E-state index in [4.69, 9.17) is 14.0 Å². The normalized spacial score (nSPS) is 30.6. The molecule has 3 unspecified atom stereocenters. The van der Waals surface area contributed by atoms with Gasteiger partial charge in [-0.05, 0) is 19.3 Å². The van der Waals surface area contributed by atoms with Gasteiger partial charge in [0.25, 0.3) is 0 Å². The summed E-state index contributed by atoms with van der Waals surface area (Å²) in [5.74, 6) is -0.219. The van der Waals surface area contributed by atoms with Gasteiger partial charge in [-0.2, -0.15) is 0 Å². The molecule has 0 spiro atoms. The van der Waals surface area contributed by atoms with Crippen LogP contribution < -0.4 is 0 Å². The first-order chi connectivity index (χ1) is 7.72. The van der Waals surface area contributed by atoms with Crippen LogP contribution in [0.2, 0.25) is 0 Å². The molecule has 1 aliphatic carbocycles. The number of nitrogens with zero attached hydrogens (tertiary/aromatic N) is 1. The second-order valence-corrected chi connectivity index (χ2v) is 4.51. The molecule has 92 valence electrons. The third-order valence-corrected chi connectivity index (χ3v) is 3.36. The lowest BCUT2D eigenvalue weighted by Gasteiger charge is -2.32. The molecule has 0 heterocycles. The maximum Gasteiger partial charge on any atom is 0.308 e. The highest BCUT2D eigenvalue weighted by atomic mass is 31.1. The summed E-state index contributed by atoms with van der Waals surface area (Å²) < 4.78 is 19.5. The zero-order valence-electron chi connectivity index (χ0n) is 9.88. The highest BCUT2D eigenvalue weighted by Crippen LogP contribution is 2.31. The van der Waals surface area contributed by atoms with Gasteiger partial charge < -0.3 is 14.0 Å². The number of methoxy groups -OCH3 is 2. The maximum absolute atomic E-state index is 11.4. The van der Waals surface area contributed by atoms with Crippen molar-refractivity contribution in [2.45, 2.75) is 31.5 Å². The van der Waals surface area contributed by atoms with Gasteiger partial charge in [0, 0.05) is 14.2 Å². The minimum absolute atomic E-state index is 0.0243. The van der Waals surface area contributed by atoms with Crippen molar-refractivity contribution < 1.29 is 18.8 Å². The van der Waals surface area contributed by atoms with E-state index in [9.17, 15) is 4.79 Å². The second kappa shape index (κ2) is 6.94. The van der Waals surface area contributed by atoms with E-state index in [1.165, 1.54) is 7.11 Å². The molecule has 0 aromatic rings. The molecule has 5 nitrogen and oxygen atoms in total. The highest BCUT2D eigenvalue weighted by Gasteiger charge is 2.35. The summed E-state index contributed by atoms with van der Waals surface area (Å²) in [6.45, 7) is 0. The fourth-order valence-corrected chi connectivity index (χ4v) is 2.41. The molecule has 1 saturated carbocycles. The van der Waals surface area contributed by atoms with Crippen LogP contribution in [-0.2, 0) is 18.8 Å². The van der Waals surface area contributed by atoms with Crippen LogP contribution in [0.15, 0.2) is 4.74 Å². The number of esters is 1. The van der Waals surface area contributed by atoms with Crippen molar-refractivity contribution in [1.82, 2.24) is 0 Å². The average Bonchev–Trinajstić information content (AvgIpc) is 2.35. The summed E-state index contributed by atoms with van der Waals surface area (Å²) in [6, 6.07) is 0. The Balaban J connectivity index is 2.53. The number of carbonyl (C=O) groups excluding carboxylic acids is 1. The van der Waals surface area contributed by atoms with E-state index >= 15 is 0 Å². The number of ether oxygens (including phenoxy) is 2. The minimum Gasteiger partial charge on any atom is -0.469 e. The molecule has 0 bridgehead atoms. The van der Waals surface area contributed by atoms with Crippen molar-refractivity contribution in [3.8, 4) is 0 Å². The largest absolute Gasteiger partial charge is 0.469 e. The van der Waals surface area contributed by atoms with Crippen molar-refractivity contribution in [3.63, 3.8) is 0 Å². The smallest absolute Gasteiger partial charge is 0.308 e. The predicted molar refractivity (Wildman–Crippen MR) is 60.3 cm³/mol. The Hall–Kier alpha value is -0.510. The molecule has 1 aliphatic rings. The van der Waals surface area contributed by atoms with Crippen molar-refractivity contribution >= 4 is 14.6 Å². The number of hydrogen-bond donors (Lipinski definition) is 0. The first kappa shape index (κ1) is 13.6. The molecule has 0 aromatic heterocycles. The first-order valence-corrected chi connectivity index (χ1v) is 6.05. The molecule has 0 saturated heterocycles. The quantitative estimate of drug-likeness (QED) is 0.563. The van der Waals surface area contributed by atoms with Gasteiger partial charge >= 0.3 is 5.97 Å². The summed E-state index contributed by atoms with van der Waals surface area (Å²) in [4.78, 5) is 11.4. The number of rotatable bonds is 4. The van der Waals surface area contributed by atoms with Gasteiger partial charge in [-0.15, -0.1) is 0 Å². The lowest BCUT2D eigenvalue weighted by molar-refractivity contribution is -0.150. The average molecular weight is 247 g/mol. The van der Waals surface area contributed by atoms with E-state index in [2.05, 4.69) is 4.74 Å². The molecule has 6 heteroatoms. The minimum atomic E-state index is -0.154. The number of carbonyl (C=O) groups is 1. The van der Waals surface area contributed by atoms with Crippen molar-refractivity contribution in [2.75, 3.05) is 21.3 Å². The van der Waals surface area contributed by atoms with E-state index in [1.807, 2.05) is 0 Å². The summed E-state index contributed by atoms with van der Waals surface area (Å²) in [5.41, 5.74) is 0. The molecular formula is C10H18NO4P. The lowest BCUT2D eigenvalue weighted by Crippen LogP contribution is -2.38. The van der Waals surface area contributed by atoms with Crippen molar-refractivity contribution in [1.29, 1.82) is 0 Å². The van der Waals surface area contributed by atoms with Gasteiger partial charge in [0.1, 0.15) is 0 Å². The monoisotopic (exact) mass is 247 g/mol. The summed E-state index contributed by atoms with van der Waals surface area (Å²) in [5, 5.41) is 0. The fraction of sp³-hybridized carbons (Fsp3) is 0.900. The van der Waals surface area contributed by atoms with Crippen molar-refractivity contribution in [3.05, 3.63) is 0 Å². The Morgan fingerprint density at radius 3 is 2.62 bits per heavy atom. The van der Waals surface area contributed by atoms with Gasteiger partial charge in [-0.1, -0.05) is 0 Å². The van der Waals surface area contributed by atoms with E-state index < -0.39 is 0 Å².